The number of rotatable bonds is 6. The summed E-state index contributed by atoms with van der Waals surface area (Å²) in [6, 6.07) is 19.2. The zero-order chi connectivity index (χ0) is 20.2. The Morgan fingerprint density at radius 3 is 2.72 bits per heavy atom. The first-order valence-electron chi connectivity index (χ1n) is 9.47. The van der Waals surface area contributed by atoms with Crippen LogP contribution in [-0.2, 0) is 17.9 Å². The van der Waals surface area contributed by atoms with Crippen molar-refractivity contribution in [2.45, 2.75) is 25.4 Å². The molecule has 2 heterocycles. The van der Waals surface area contributed by atoms with Crippen molar-refractivity contribution < 1.29 is 14.0 Å². The Kier molecular flexibility index (Phi) is 5.71. The fourth-order valence-corrected chi connectivity index (χ4v) is 4.57. The first-order valence-corrected chi connectivity index (χ1v) is 10.5. The van der Waals surface area contributed by atoms with Crippen molar-refractivity contribution in [3.63, 3.8) is 0 Å². The summed E-state index contributed by atoms with van der Waals surface area (Å²) in [5.74, 6) is 1.19. The minimum absolute atomic E-state index is 0.0722. The molecule has 1 saturated heterocycles. The van der Waals surface area contributed by atoms with E-state index in [9.17, 15) is 9.59 Å². The van der Waals surface area contributed by atoms with Gasteiger partial charge in [0.05, 0.1) is 18.6 Å². The molecule has 148 valence electrons. The van der Waals surface area contributed by atoms with Gasteiger partial charge < -0.3 is 14.6 Å². The third-order valence-electron chi connectivity index (χ3n) is 4.87. The molecule has 1 N–H and O–H groups in total. The summed E-state index contributed by atoms with van der Waals surface area (Å²) < 4.78 is 5.39. The number of benzene rings is 2. The van der Waals surface area contributed by atoms with Crippen LogP contribution < -0.4 is 5.32 Å². The molecule has 4 rings (SSSR count). The normalized spacial score (nSPS) is 16.2. The van der Waals surface area contributed by atoms with Gasteiger partial charge in [-0.05, 0) is 42.3 Å². The van der Waals surface area contributed by atoms with Gasteiger partial charge in [-0.1, -0.05) is 42.0 Å². The van der Waals surface area contributed by atoms with Crippen molar-refractivity contribution in [1.82, 2.24) is 10.2 Å². The lowest BCUT2D eigenvalue weighted by molar-refractivity contribution is -0.128. The van der Waals surface area contributed by atoms with Crippen LogP contribution in [0.1, 0.15) is 38.2 Å². The van der Waals surface area contributed by atoms with Gasteiger partial charge >= 0.3 is 0 Å². The van der Waals surface area contributed by atoms with E-state index in [-0.39, 0.29) is 17.2 Å². The Hall–Kier alpha value is -2.99. The van der Waals surface area contributed by atoms with Crippen molar-refractivity contribution in [2.24, 2.45) is 0 Å². The van der Waals surface area contributed by atoms with Gasteiger partial charge in [0.2, 0.25) is 5.91 Å². The van der Waals surface area contributed by atoms with Crippen LogP contribution in [0.5, 0.6) is 0 Å². The summed E-state index contributed by atoms with van der Waals surface area (Å²) in [6.45, 7) is 2.97. The number of nitrogens with zero attached hydrogens (tertiary/aromatic N) is 1. The molecule has 1 unspecified atom stereocenters. The lowest BCUT2D eigenvalue weighted by Crippen LogP contribution is -2.27. The second-order valence-electron chi connectivity index (χ2n) is 7.06. The van der Waals surface area contributed by atoms with Crippen LogP contribution in [0, 0.1) is 6.92 Å². The summed E-state index contributed by atoms with van der Waals surface area (Å²) in [7, 11) is 0. The highest BCUT2D eigenvalue weighted by molar-refractivity contribution is 8.00. The molecule has 1 atom stereocenters. The molecule has 2 amide bonds. The van der Waals surface area contributed by atoms with E-state index in [1.165, 1.54) is 5.56 Å². The van der Waals surface area contributed by atoms with Gasteiger partial charge in [-0.25, -0.2) is 0 Å². The van der Waals surface area contributed by atoms with Crippen molar-refractivity contribution >= 4 is 23.6 Å². The third-order valence-corrected chi connectivity index (χ3v) is 6.12. The second kappa shape index (κ2) is 8.57. The number of nitrogens with one attached hydrogen (secondary N) is 1. The molecule has 2 aromatic carbocycles. The van der Waals surface area contributed by atoms with Gasteiger partial charge in [-0.2, -0.15) is 0 Å². The predicted octanol–water partition coefficient (Wildman–Crippen LogP) is 4.29. The number of aryl methyl sites for hydroxylation is 1. The smallest absolute Gasteiger partial charge is 0.251 e. The third kappa shape index (κ3) is 4.54. The molecule has 1 fully saturated rings. The SMILES string of the molecule is Cc1cccc(CNC(=O)c2ccc(C3SCC(=O)N3Cc3ccco3)cc2)c1. The molecule has 0 radical (unpaired) electrons. The Balaban J connectivity index is 1.41. The zero-order valence-electron chi connectivity index (χ0n) is 16.1. The highest BCUT2D eigenvalue weighted by Crippen LogP contribution is 2.39. The van der Waals surface area contributed by atoms with Crippen molar-refractivity contribution in [2.75, 3.05) is 5.75 Å². The Bertz CT molecular complexity index is 999. The Morgan fingerprint density at radius 2 is 2.00 bits per heavy atom. The van der Waals surface area contributed by atoms with E-state index >= 15 is 0 Å². The van der Waals surface area contributed by atoms with Gasteiger partial charge in [0.1, 0.15) is 11.1 Å². The minimum Gasteiger partial charge on any atom is -0.467 e. The number of thioether (sulfide) groups is 1. The van der Waals surface area contributed by atoms with E-state index in [4.69, 9.17) is 4.42 Å². The molecule has 1 aliphatic rings. The van der Waals surface area contributed by atoms with Crippen molar-refractivity contribution in [1.29, 1.82) is 0 Å². The van der Waals surface area contributed by atoms with Crippen LogP contribution in [-0.4, -0.2) is 22.5 Å². The van der Waals surface area contributed by atoms with E-state index in [1.54, 1.807) is 18.0 Å². The summed E-state index contributed by atoms with van der Waals surface area (Å²) in [4.78, 5) is 26.6. The number of carbonyl (C=O) groups excluding carboxylic acids is 2. The standard InChI is InChI=1S/C23H22N2O3S/c1-16-4-2-5-17(12-16)13-24-22(27)18-7-9-19(10-8-18)23-25(21(26)15-29-23)14-20-6-3-11-28-20/h2-12,23H,13-15H2,1H3,(H,24,27). The average molecular weight is 407 g/mol. The van der Waals surface area contributed by atoms with Gasteiger partial charge in [-0.15, -0.1) is 11.8 Å². The van der Waals surface area contributed by atoms with Crippen molar-refractivity contribution in [3.8, 4) is 0 Å². The van der Waals surface area contributed by atoms with Crippen LogP contribution in [0.15, 0.2) is 71.3 Å². The maximum absolute atomic E-state index is 12.5. The highest BCUT2D eigenvalue weighted by Gasteiger charge is 2.33. The molecule has 0 spiro atoms. The maximum Gasteiger partial charge on any atom is 0.251 e. The molecular formula is C23H22N2O3S. The Labute approximate surface area is 174 Å². The van der Waals surface area contributed by atoms with E-state index in [0.717, 1.165) is 16.9 Å². The summed E-state index contributed by atoms with van der Waals surface area (Å²) in [5.41, 5.74) is 3.85. The van der Waals surface area contributed by atoms with E-state index in [1.807, 2.05) is 66.4 Å². The predicted molar refractivity (Wildman–Crippen MR) is 113 cm³/mol. The quantitative estimate of drug-likeness (QED) is 0.663. The number of amides is 2. The first-order chi connectivity index (χ1) is 14.1. The number of hydrogen-bond donors (Lipinski definition) is 1. The van der Waals surface area contributed by atoms with Crippen LogP contribution in [0.2, 0.25) is 0 Å². The highest BCUT2D eigenvalue weighted by atomic mass is 32.2. The van der Waals surface area contributed by atoms with E-state index in [0.29, 0.717) is 24.4 Å². The molecule has 5 nitrogen and oxygen atoms in total. The largest absolute Gasteiger partial charge is 0.467 e. The van der Waals surface area contributed by atoms with Crippen LogP contribution in [0.3, 0.4) is 0 Å². The van der Waals surface area contributed by atoms with Crippen LogP contribution in [0.25, 0.3) is 0 Å². The molecule has 1 aliphatic heterocycles. The van der Waals surface area contributed by atoms with Gasteiger partial charge in [0.25, 0.3) is 5.91 Å². The van der Waals surface area contributed by atoms with E-state index < -0.39 is 0 Å². The minimum atomic E-state index is -0.111. The fourth-order valence-electron chi connectivity index (χ4n) is 3.38. The number of carbonyl (C=O) groups is 2. The fraction of sp³-hybridized carbons (Fsp3) is 0.217. The lowest BCUT2D eigenvalue weighted by atomic mass is 10.1. The van der Waals surface area contributed by atoms with Gasteiger partial charge in [0.15, 0.2) is 0 Å². The monoisotopic (exact) mass is 406 g/mol. The zero-order valence-corrected chi connectivity index (χ0v) is 16.9. The maximum atomic E-state index is 12.5. The molecule has 29 heavy (non-hydrogen) atoms. The van der Waals surface area contributed by atoms with Crippen LogP contribution in [0.4, 0.5) is 0 Å². The molecule has 1 aromatic heterocycles. The molecule has 6 heteroatoms. The number of furan rings is 1. The van der Waals surface area contributed by atoms with Crippen molar-refractivity contribution in [3.05, 3.63) is 94.9 Å². The molecule has 0 bridgehead atoms. The average Bonchev–Trinajstić information content (AvgIpc) is 3.37. The molecule has 0 aliphatic carbocycles. The van der Waals surface area contributed by atoms with Crippen LogP contribution >= 0.6 is 11.8 Å². The molecule has 3 aromatic rings. The molecule has 0 saturated carbocycles. The summed E-state index contributed by atoms with van der Waals surface area (Å²) in [5, 5.41) is 2.88. The van der Waals surface area contributed by atoms with Gasteiger partial charge in [0, 0.05) is 12.1 Å². The summed E-state index contributed by atoms with van der Waals surface area (Å²) >= 11 is 1.59. The first kappa shape index (κ1) is 19.3. The Morgan fingerprint density at radius 1 is 1.17 bits per heavy atom. The molecular weight excluding hydrogens is 384 g/mol. The van der Waals surface area contributed by atoms with E-state index in [2.05, 4.69) is 11.4 Å². The van der Waals surface area contributed by atoms with Gasteiger partial charge in [-0.3, -0.25) is 9.59 Å². The summed E-state index contributed by atoms with van der Waals surface area (Å²) in [6.07, 6.45) is 1.61. The lowest BCUT2D eigenvalue weighted by Gasteiger charge is -2.23. The second-order valence-corrected chi connectivity index (χ2v) is 8.13. The number of hydrogen-bond acceptors (Lipinski definition) is 4. The topological polar surface area (TPSA) is 62.6 Å².